The van der Waals surface area contributed by atoms with Crippen molar-refractivity contribution in [2.45, 2.75) is 0 Å². The van der Waals surface area contributed by atoms with E-state index in [0.717, 1.165) is 7.05 Å². The number of halogens is 1. The zero-order chi connectivity index (χ0) is 11.5. The second-order valence-corrected chi connectivity index (χ2v) is 4.08. The van der Waals surface area contributed by atoms with Crippen LogP contribution in [0, 0.1) is 0 Å². The Bertz CT molecular complexity index is 446. The van der Waals surface area contributed by atoms with E-state index in [1.54, 1.807) is 30.3 Å². The molecule has 1 aromatic carbocycles. The number of nitrogens with one attached hydrogen (secondary N) is 1. The average Bonchev–Trinajstić information content (AvgIpc) is 2.16. The maximum absolute atomic E-state index is 12.4. The van der Waals surface area contributed by atoms with Crippen molar-refractivity contribution in [2.75, 3.05) is 12.4 Å². The maximum Gasteiger partial charge on any atom is 0.402 e. The van der Waals surface area contributed by atoms with Crippen LogP contribution in [0.2, 0.25) is 0 Å². The number of carbonyl (C=O) groups is 1. The van der Waals surface area contributed by atoms with Crippen LogP contribution in [0.1, 0.15) is 0 Å². The molecule has 0 aliphatic heterocycles. The minimum Gasteiger partial charge on any atom is -0.307 e. The molecule has 0 saturated carbocycles. The Kier molecular flexibility index (Phi) is 3.25. The van der Waals surface area contributed by atoms with Crippen LogP contribution in [0.4, 0.5) is 14.4 Å². The van der Waals surface area contributed by atoms with E-state index in [1.165, 1.54) is 0 Å². The average molecular weight is 232 g/mol. The topological polar surface area (TPSA) is 66.5 Å². The molecule has 0 aliphatic rings. The Morgan fingerprint density at radius 1 is 1.33 bits per heavy atom. The number of urea groups is 1. The summed E-state index contributed by atoms with van der Waals surface area (Å²) in [5.74, 6) is 0. The summed E-state index contributed by atoms with van der Waals surface area (Å²) in [4.78, 5) is 11.2. The van der Waals surface area contributed by atoms with E-state index in [4.69, 9.17) is 0 Å². The van der Waals surface area contributed by atoms with Gasteiger partial charge in [-0.1, -0.05) is 22.1 Å². The minimum atomic E-state index is -5.00. The molecule has 0 spiro atoms. The van der Waals surface area contributed by atoms with Crippen LogP contribution >= 0.6 is 0 Å². The number of benzene rings is 1. The molecule has 5 nitrogen and oxygen atoms in total. The van der Waals surface area contributed by atoms with Gasteiger partial charge in [0.1, 0.15) is 0 Å². The number of para-hydroxylation sites is 1. The number of carbonyl (C=O) groups excluding carboxylic acids is 1. The van der Waals surface area contributed by atoms with Crippen LogP contribution in [0.25, 0.3) is 0 Å². The summed E-state index contributed by atoms with van der Waals surface area (Å²) in [5.41, 5.74) is 0.387. The minimum absolute atomic E-state index is 0.0139. The molecule has 1 aromatic rings. The Balaban J connectivity index is 2.73. The smallest absolute Gasteiger partial charge is 0.307 e. The predicted octanol–water partition coefficient (Wildman–Crippen LogP) is 1.36. The molecule has 15 heavy (non-hydrogen) atoms. The van der Waals surface area contributed by atoms with E-state index in [1.807, 2.05) is 0 Å². The third kappa shape index (κ3) is 3.21. The summed E-state index contributed by atoms with van der Waals surface area (Å²) in [6.07, 6.45) is 0. The first-order chi connectivity index (χ1) is 6.91. The molecule has 0 unspecified atom stereocenters. The van der Waals surface area contributed by atoms with Gasteiger partial charge < -0.3 is 5.32 Å². The predicted molar refractivity (Wildman–Crippen MR) is 53.3 cm³/mol. The molecule has 1 N–H and O–H groups in total. The second kappa shape index (κ2) is 4.26. The third-order valence-electron chi connectivity index (χ3n) is 1.64. The number of nitrogens with zero attached hydrogens (tertiary/aromatic N) is 1. The van der Waals surface area contributed by atoms with Gasteiger partial charge in [-0.25, -0.2) is 4.79 Å². The number of hydrogen-bond donors (Lipinski definition) is 1. The lowest BCUT2D eigenvalue weighted by molar-refractivity contribution is 0.239. The molecule has 0 bridgehead atoms. The molecule has 0 fully saturated rings. The monoisotopic (exact) mass is 232 g/mol. The Hall–Kier alpha value is -1.63. The van der Waals surface area contributed by atoms with E-state index in [2.05, 4.69) is 5.32 Å². The fourth-order valence-electron chi connectivity index (χ4n) is 0.823. The molecule has 0 saturated heterocycles. The standard InChI is InChI=1S/C8H9FN2O3S/c1-11(15(9,13)14)8(12)10-7-5-3-2-4-6-7/h2-6H,1H3,(H,10,12). The molecular formula is C8H9FN2O3S. The maximum atomic E-state index is 12.4. The first-order valence-electron chi connectivity index (χ1n) is 3.96. The van der Waals surface area contributed by atoms with Crippen molar-refractivity contribution < 1.29 is 17.1 Å². The second-order valence-electron chi connectivity index (χ2n) is 2.71. The Morgan fingerprint density at radius 3 is 2.33 bits per heavy atom. The fraction of sp³-hybridized carbons (Fsp3) is 0.125. The van der Waals surface area contributed by atoms with Crippen LogP contribution in [0.3, 0.4) is 0 Å². The summed E-state index contributed by atoms with van der Waals surface area (Å²) in [5, 5.41) is 2.22. The summed E-state index contributed by atoms with van der Waals surface area (Å²) in [6, 6.07) is 7.08. The molecule has 0 radical (unpaired) electrons. The van der Waals surface area contributed by atoms with Crippen molar-refractivity contribution in [2.24, 2.45) is 0 Å². The van der Waals surface area contributed by atoms with Crippen LogP contribution in [-0.4, -0.2) is 25.8 Å². The van der Waals surface area contributed by atoms with Crippen molar-refractivity contribution in [3.05, 3.63) is 30.3 Å². The molecular weight excluding hydrogens is 223 g/mol. The Morgan fingerprint density at radius 2 is 1.87 bits per heavy atom. The van der Waals surface area contributed by atoms with Gasteiger partial charge in [0.15, 0.2) is 0 Å². The molecule has 0 heterocycles. The van der Waals surface area contributed by atoms with Gasteiger partial charge in [0, 0.05) is 12.7 Å². The van der Waals surface area contributed by atoms with Gasteiger partial charge >= 0.3 is 16.4 Å². The van der Waals surface area contributed by atoms with Gasteiger partial charge in [-0.15, -0.1) is 0 Å². The van der Waals surface area contributed by atoms with Gasteiger partial charge in [-0.2, -0.15) is 12.7 Å². The number of amides is 2. The summed E-state index contributed by atoms with van der Waals surface area (Å²) >= 11 is 0. The van der Waals surface area contributed by atoms with E-state index < -0.39 is 16.4 Å². The highest BCUT2D eigenvalue weighted by Crippen LogP contribution is 2.08. The zero-order valence-corrected chi connectivity index (χ0v) is 8.66. The van der Waals surface area contributed by atoms with Crippen molar-refractivity contribution in [1.29, 1.82) is 0 Å². The van der Waals surface area contributed by atoms with Crippen LogP contribution in [0.5, 0.6) is 0 Å². The van der Waals surface area contributed by atoms with Gasteiger partial charge in [0.2, 0.25) is 0 Å². The largest absolute Gasteiger partial charge is 0.402 e. The lowest BCUT2D eigenvalue weighted by Crippen LogP contribution is -2.34. The SMILES string of the molecule is CN(C(=O)Nc1ccccc1)S(=O)(=O)F. The normalized spacial score (nSPS) is 10.8. The first-order valence-corrected chi connectivity index (χ1v) is 5.30. The highest BCUT2D eigenvalue weighted by molar-refractivity contribution is 7.84. The number of rotatable bonds is 2. The highest BCUT2D eigenvalue weighted by atomic mass is 32.3. The van der Waals surface area contributed by atoms with Crippen molar-refractivity contribution in [1.82, 2.24) is 4.31 Å². The van der Waals surface area contributed by atoms with Crippen LogP contribution in [-0.2, 0) is 10.4 Å². The van der Waals surface area contributed by atoms with Crippen molar-refractivity contribution >= 4 is 22.1 Å². The van der Waals surface area contributed by atoms with Gasteiger partial charge in [-0.05, 0) is 12.1 Å². The third-order valence-corrected chi connectivity index (χ3v) is 2.46. The Labute approximate surface area is 86.9 Å². The molecule has 7 heteroatoms. The lowest BCUT2D eigenvalue weighted by Gasteiger charge is -2.12. The van der Waals surface area contributed by atoms with Gasteiger partial charge in [-0.3, -0.25) is 0 Å². The summed E-state index contributed by atoms with van der Waals surface area (Å²) < 4.78 is 33.1. The summed E-state index contributed by atoms with van der Waals surface area (Å²) in [6.45, 7) is 0. The fourth-order valence-corrected chi connectivity index (χ4v) is 1.07. The van der Waals surface area contributed by atoms with Gasteiger partial charge in [0.05, 0.1) is 0 Å². The van der Waals surface area contributed by atoms with E-state index in [-0.39, 0.29) is 4.31 Å². The van der Waals surface area contributed by atoms with E-state index >= 15 is 0 Å². The molecule has 1 rings (SSSR count). The van der Waals surface area contributed by atoms with Crippen LogP contribution in [0.15, 0.2) is 30.3 Å². The van der Waals surface area contributed by atoms with Crippen molar-refractivity contribution in [3.63, 3.8) is 0 Å². The number of anilines is 1. The van der Waals surface area contributed by atoms with Crippen molar-refractivity contribution in [3.8, 4) is 0 Å². The molecule has 0 aromatic heterocycles. The number of hydrogen-bond acceptors (Lipinski definition) is 3. The van der Waals surface area contributed by atoms with E-state index in [9.17, 15) is 17.1 Å². The quantitative estimate of drug-likeness (QED) is 0.783. The summed E-state index contributed by atoms with van der Waals surface area (Å²) in [7, 11) is -4.17. The molecule has 0 aliphatic carbocycles. The molecule has 82 valence electrons. The molecule has 2 amide bonds. The van der Waals surface area contributed by atoms with Gasteiger partial charge in [0.25, 0.3) is 0 Å². The van der Waals surface area contributed by atoms with Crippen LogP contribution < -0.4 is 5.32 Å². The zero-order valence-electron chi connectivity index (χ0n) is 7.84. The first kappa shape index (κ1) is 11.4. The highest BCUT2D eigenvalue weighted by Gasteiger charge is 2.21. The lowest BCUT2D eigenvalue weighted by atomic mass is 10.3. The van der Waals surface area contributed by atoms with E-state index in [0.29, 0.717) is 5.69 Å². The molecule has 0 atom stereocenters.